The number of carbonyl (C=O) groups is 2. The topological polar surface area (TPSA) is 88.4 Å². The van der Waals surface area contributed by atoms with E-state index in [-0.39, 0.29) is 30.0 Å². The number of methoxy groups -OCH3 is 1. The Hall–Kier alpha value is -3.33. The molecule has 0 spiro atoms. The fourth-order valence-electron chi connectivity index (χ4n) is 2.50. The number of rotatable bonds is 6. The normalized spacial score (nSPS) is 10.7. The largest absolute Gasteiger partial charge is 0.493 e. The van der Waals surface area contributed by atoms with Crippen LogP contribution >= 0.6 is 0 Å². The SMILES string of the molecule is COc1cc(C#N)ccc1OC(=O)CCNC(=O)c1ccc(C(C)(C)C)cc1. The molecule has 2 aromatic carbocycles. The van der Waals surface area contributed by atoms with Crippen LogP contribution in [0.4, 0.5) is 0 Å². The van der Waals surface area contributed by atoms with Gasteiger partial charge in [0.2, 0.25) is 0 Å². The van der Waals surface area contributed by atoms with Crippen molar-refractivity contribution < 1.29 is 19.1 Å². The van der Waals surface area contributed by atoms with E-state index in [9.17, 15) is 9.59 Å². The third kappa shape index (κ3) is 5.58. The summed E-state index contributed by atoms with van der Waals surface area (Å²) < 4.78 is 10.4. The van der Waals surface area contributed by atoms with Crippen LogP contribution in [0.15, 0.2) is 42.5 Å². The van der Waals surface area contributed by atoms with Crippen LogP contribution in [0.25, 0.3) is 0 Å². The first-order chi connectivity index (χ1) is 13.2. The van der Waals surface area contributed by atoms with Gasteiger partial charge in [0.15, 0.2) is 11.5 Å². The molecule has 146 valence electrons. The van der Waals surface area contributed by atoms with E-state index in [1.165, 1.54) is 25.3 Å². The molecule has 0 fully saturated rings. The number of ether oxygens (including phenoxy) is 2. The monoisotopic (exact) mass is 380 g/mol. The Kier molecular flexibility index (Phi) is 6.78. The molecule has 1 N–H and O–H groups in total. The van der Waals surface area contributed by atoms with Crippen molar-refractivity contribution in [1.82, 2.24) is 5.32 Å². The molecule has 2 aromatic rings. The van der Waals surface area contributed by atoms with E-state index in [1.54, 1.807) is 12.1 Å². The van der Waals surface area contributed by atoms with Gasteiger partial charge in [-0.2, -0.15) is 5.26 Å². The smallest absolute Gasteiger partial charge is 0.313 e. The zero-order valence-electron chi connectivity index (χ0n) is 16.5. The third-order valence-electron chi connectivity index (χ3n) is 4.14. The summed E-state index contributed by atoms with van der Waals surface area (Å²) in [6.07, 6.45) is 0.00890. The van der Waals surface area contributed by atoms with Crippen molar-refractivity contribution in [3.63, 3.8) is 0 Å². The lowest BCUT2D eigenvalue weighted by Crippen LogP contribution is -2.27. The number of esters is 1. The number of benzene rings is 2. The first kappa shape index (κ1) is 21.0. The van der Waals surface area contributed by atoms with Gasteiger partial charge in [-0.1, -0.05) is 32.9 Å². The highest BCUT2D eigenvalue weighted by atomic mass is 16.6. The molecular weight excluding hydrogens is 356 g/mol. The van der Waals surface area contributed by atoms with Gasteiger partial charge in [0.25, 0.3) is 5.91 Å². The average Bonchev–Trinajstić information content (AvgIpc) is 2.67. The van der Waals surface area contributed by atoms with E-state index in [1.807, 2.05) is 18.2 Å². The average molecular weight is 380 g/mol. The summed E-state index contributed by atoms with van der Waals surface area (Å²) in [5, 5.41) is 11.6. The van der Waals surface area contributed by atoms with Gasteiger partial charge < -0.3 is 14.8 Å². The van der Waals surface area contributed by atoms with Crippen LogP contribution in [0, 0.1) is 11.3 Å². The molecule has 0 heterocycles. The molecule has 0 aromatic heterocycles. The van der Waals surface area contributed by atoms with Crippen LogP contribution in [0.2, 0.25) is 0 Å². The lowest BCUT2D eigenvalue weighted by molar-refractivity contribution is -0.134. The number of hydrogen-bond donors (Lipinski definition) is 1. The molecule has 0 aliphatic heterocycles. The summed E-state index contributed by atoms with van der Waals surface area (Å²) in [5.74, 6) is -0.221. The number of nitrogens with zero attached hydrogens (tertiary/aromatic N) is 1. The Morgan fingerprint density at radius 3 is 2.32 bits per heavy atom. The fraction of sp³-hybridized carbons (Fsp3) is 0.318. The molecule has 0 bridgehead atoms. The quantitative estimate of drug-likeness (QED) is 0.611. The van der Waals surface area contributed by atoms with E-state index < -0.39 is 5.97 Å². The van der Waals surface area contributed by atoms with Gasteiger partial charge in [0.1, 0.15) is 0 Å². The van der Waals surface area contributed by atoms with Crippen molar-refractivity contribution in [2.75, 3.05) is 13.7 Å². The van der Waals surface area contributed by atoms with Crippen LogP contribution in [0.3, 0.4) is 0 Å². The van der Waals surface area contributed by atoms with Gasteiger partial charge in [-0.25, -0.2) is 0 Å². The van der Waals surface area contributed by atoms with Crippen molar-refractivity contribution in [2.24, 2.45) is 0 Å². The van der Waals surface area contributed by atoms with Crippen molar-refractivity contribution >= 4 is 11.9 Å². The Labute approximate surface area is 165 Å². The Bertz CT molecular complexity index is 890. The van der Waals surface area contributed by atoms with Gasteiger partial charge >= 0.3 is 5.97 Å². The number of carbonyl (C=O) groups excluding carboxylic acids is 2. The maximum absolute atomic E-state index is 12.2. The zero-order chi connectivity index (χ0) is 20.7. The minimum atomic E-state index is -0.508. The summed E-state index contributed by atoms with van der Waals surface area (Å²) in [5.41, 5.74) is 2.10. The second-order valence-corrected chi connectivity index (χ2v) is 7.28. The second-order valence-electron chi connectivity index (χ2n) is 7.28. The van der Waals surface area contributed by atoms with Crippen LogP contribution in [-0.4, -0.2) is 25.5 Å². The van der Waals surface area contributed by atoms with Gasteiger partial charge in [-0.05, 0) is 35.2 Å². The molecule has 1 amide bonds. The molecule has 0 radical (unpaired) electrons. The minimum Gasteiger partial charge on any atom is -0.493 e. The molecule has 0 aliphatic rings. The molecule has 2 rings (SSSR count). The van der Waals surface area contributed by atoms with Crippen LogP contribution in [-0.2, 0) is 10.2 Å². The third-order valence-corrected chi connectivity index (χ3v) is 4.14. The lowest BCUT2D eigenvalue weighted by Gasteiger charge is -2.19. The van der Waals surface area contributed by atoms with Crippen LogP contribution < -0.4 is 14.8 Å². The molecule has 0 saturated heterocycles. The number of nitriles is 1. The first-order valence-corrected chi connectivity index (χ1v) is 8.92. The van der Waals surface area contributed by atoms with E-state index in [0.29, 0.717) is 16.9 Å². The Balaban J connectivity index is 1.87. The summed E-state index contributed by atoms with van der Waals surface area (Å²) in [4.78, 5) is 24.2. The fourth-order valence-corrected chi connectivity index (χ4v) is 2.50. The van der Waals surface area contributed by atoms with E-state index in [2.05, 4.69) is 26.1 Å². The van der Waals surface area contributed by atoms with Gasteiger partial charge in [0, 0.05) is 18.2 Å². The van der Waals surface area contributed by atoms with Crippen LogP contribution in [0.1, 0.15) is 48.7 Å². The van der Waals surface area contributed by atoms with Gasteiger partial charge in [0.05, 0.1) is 25.2 Å². The number of nitrogens with one attached hydrogen (secondary N) is 1. The van der Waals surface area contributed by atoms with E-state index >= 15 is 0 Å². The summed E-state index contributed by atoms with van der Waals surface area (Å²) in [7, 11) is 1.43. The van der Waals surface area contributed by atoms with Crippen LogP contribution in [0.5, 0.6) is 11.5 Å². The predicted molar refractivity (Wildman–Crippen MR) is 105 cm³/mol. The Morgan fingerprint density at radius 1 is 1.07 bits per heavy atom. The standard InChI is InChI=1S/C22H24N2O4/c1-22(2,3)17-8-6-16(7-9-17)21(26)24-12-11-20(25)28-18-10-5-15(14-23)13-19(18)27-4/h5-10,13H,11-12H2,1-4H3,(H,24,26). The Morgan fingerprint density at radius 2 is 1.75 bits per heavy atom. The van der Waals surface area contributed by atoms with Crippen molar-refractivity contribution in [1.29, 1.82) is 5.26 Å². The maximum atomic E-state index is 12.2. The molecule has 0 atom stereocenters. The van der Waals surface area contributed by atoms with E-state index in [4.69, 9.17) is 14.7 Å². The summed E-state index contributed by atoms with van der Waals surface area (Å²) >= 11 is 0. The highest BCUT2D eigenvalue weighted by Crippen LogP contribution is 2.28. The van der Waals surface area contributed by atoms with Crippen molar-refractivity contribution in [2.45, 2.75) is 32.6 Å². The van der Waals surface area contributed by atoms with E-state index in [0.717, 1.165) is 5.56 Å². The maximum Gasteiger partial charge on any atom is 0.313 e. The zero-order valence-corrected chi connectivity index (χ0v) is 16.5. The molecular formula is C22H24N2O4. The number of amides is 1. The predicted octanol–water partition coefficient (Wildman–Crippen LogP) is 3.59. The van der Waals surface area contributed by atoms with Gasteiger partial charge in [-0.15, -0.1) is 0 Å². The minimum absolute atomic E-state index is 0.00890. The second kappa shape index (κ2) is 9.05. The van der Waals surface area contributed by atoms with Crippen molar-refractivity contribution in [3.8, 4) is 17.6 Å². The molecule has 6 heteroatoms. The highest BCUT2D eigenvalue weighted by Gasteiger charge is 2.15. The molecule has 28 heavy (non-hydrogen) atoms. The number of hydrogen-bond acceptors (Lipinski definition) is 5. The van der Waals surface area contributed by atoms with Crippen molar-refractivity contribution in [3.05, 3.63) is 59.2 Å². The molecule has 0 aliphatic carbocycles. The molecule has 0 unspecified atom stereocenters. The first-order valence-electron chi connectivity index (χ1n) is 8.92. The lowest BCUT2D eigenvalue weighted by atomic mass is 9.87. The van der Waals surface area contributed by atoms with Gasteiger partial charge in [-0.3, -0.25) is 9.59 Å². The summed E-state index contributed by atoms with van der Waals surface area (Å²) in [6, 6.07) is 13.9. The highest BCUT2D eigenvalue weighted by molar-refractivity contribution is 5.94. The molecule has 0 saturated carbocycles. The molecule has 6 nitrogen and oxygen atoms in total. The summed E-state index contributed by atoms with van der Waals surface area (Å²) in [6.45, 7) is 6.47.